The van der Waals surface area contributed by atoms with Gasteiger partial charge in [-0.25, -0.2) is 0 Å². The van der Waals surface area contributed by atoms with Crippen molar-refractivity contribution in [1.82, 2.24) is 5.32 Å². The number of carbonyl (C=O) groups is 1. The maximum Gasteiger partial charge on any atom is 0.305 e. The van der Waals surface area contributed by atoms with Crippen molar-refractivity contribution in [2.75, 3.05) is 0 Å². The summed E-state index contributed by atoms with van der Waals surface area (Å²) in [5.41, 5.74) is 0.232. The quantitative estimate of drug-likeness (QED) is 0.345. The topological polar surface area (TPSA) is 110 Å². The lowest BCUT2D eigenvalue weighted by Gasteiger charge is -2.33. The number of rotatable bonds is 12. The second kappa shape index (κ2) is 11.5. The Kier molecular flexibility index (Phi) is 9.67. The number of hydrogen-bond acceptors (Lipinski definition) is 5. The maximum absolute atomic E-state index is 10.7. The Bertz CT molecular complexity index is 466. The van der Waals surface area contributed by atoms with Crippen LogP contribution in [0.4, 0.5) is 0 Å². The Balaban J connectivity index is 1.65. The zero-order chi connectivity index (χ0) is 20.6. The monoisotopic (exact) mass is 399 g/mol. The van der Waals surface area contributed by atoms with E-state index in [-0.39, 0.29) is 30.1 Å². The number of carboxylic acid groups (broad SMARTS) is 1. The zero-order valence-electron chi connectivity index (χ0n) is 17.5. The molecule has 28 heavy (non-hydrogen) atoms. The molecule has 0 radical (unpaired) electrons. The molecule has 0 unspecified atom stereocenters. The fraction of sp³-hybridized carbons (Fsp3) is 0.955. The van der Waals surface area contributed by atoms with E-state index in [0.29, 0.717) is 12.5 Å². The van der Waals surface area contributed by atoms with Crippen molar-refractivity contribution in [3.8, 4) is 0 Å². The number of nitrogens with one attached hydrogen (secondary N) is 1. The first-order chi connectivity index (χ1) is 13.3. The number of carboxylic acids is 1. The molecule has 2 fully saturated rings. The van der Waals surface area contributed by atoms with Crippen molar-refractivity contribution in [3.05, 3.63) is 0 Å². The van der Waals surface area contributed by atoms with Crippen LogP contribution in [0.1, 0.15) is 96.8 Å². The lowest BCUT2D eigenvalue weighted by atomic mass is 9.76. The normalized spacial score (nSPS) is 29.5. The summed E-state index contributed by atoms with van der Waals surface area (Å²) in [5.74, 6) is -0.938. The first-order valence-electron chi connectivity index (χ1n) is 11.3. The lowest BCUT2D eigenvalue weighted by Crippen LogP contribution is -2.48. The van der Waals surface area contributed by atoms with E-state index in [0.717, 1.165) is 64.2 Å². The van der Waals surface area contributed by atoms with E-state index in [1.165, 1.54) is 12.8 Å². The molecule has 1 saturated heterocycles. The minimum atomic E-state index is -0.938. The molecule has 0 bridgehead atoms. The van der Waals surface area contributed by atoms with Gasteiger partial charge in [0, 0.05) is 12.1 Å². The van der Waals surface area contributed by atoms with Gasteiger partial charge in [0.05, 0.1) is 24.7 Å². The van der Waals surface area contributed by atoms with Crippen molar-refractivity contribution in [3.63, 3.8) is 0 Å². The summed E-state index contributed by atoms with van der Waals surface area (Å²) in [6.07, 6.45) is 11.2. The average Bonchev–Trinajstić information content (AvgIpc) is 3.10. The number of hydrogen-bond donors (Lipinski definition) is 5. The molecule has 5 N–H and O–H groups in total. The zero-order valence-corrected chi connectivity index (χ0v) is 17.5. The highest BCUT2D eigenvalue weighted by Gasteiger charge is 2.34. The van der Waals surface area contributed by atoms with Crippen LogP contribution in [-0.2, 0) is 4.79 Å². The van der Waals surface area contributed by atoms with Crippen molar-refractivity contribution in [1.29, 1.82) is 0 Å². The molecule has 1 aliphatic carbocycles. The third-order valence-electron chi connectivity index (χ3n) is 7.06. The van der Waals surface area contributed by atoms with E-state index in [4.69, 9.17) is 5.11 Å². The van der Waals surface area contributed by atoms with Gasteiger partial charge in [0.1, 0.15) is 0 Å². The predicted molar refractivity (Wildman–Crippen MR) is 109 cm³/mol. The Hall–Kier alpha value is -0.690. The lowest BCUT2D eigenvalue weighted by molar-refractivity contribution is -0.139. The molecule has 6 nitrogen and oxygen atoms in total. The smallest absolute Gasteiger partial charge is 0.305 e. The molecular formula is C22H41NO5. The Labute approximate surface area is 169 Å². The highest BCUT2D eigenvalue weighted by atomic mass is 16.4. The van der Waals surface area contributed by atoms with Crippen LogP contribution in [0.25, 0.3) is 0 Å². The van der Waals surface area contributed by atoms with Gasteiger partial charge in [0.25, 0.3) is 0 Å². The van der Waals surface area contributed by atoms with E-state index < -0.39 is 12.1 Å². The van der Waals surface area contributed by atoms with Gasteiger partial charge < -0.3 is 25.7 Å². The molecule has 0 aromatic heterocycles. The molecule has 0 aromatic rings. The fourth-order valence-electron chi connectivity index (χ4n) is 5.19. The van der Waals surface area contributed by atoms with Crippen LogP contribution in [0.3, 0.4) is 0 Å². The van der Waals surface area contributed by atoms with Crippen LogP contribution >= 0.6 is 0 Å². The predicted octanol–water partition coefficient (Wildman–Crippen LogP) is 2.98. The summed E-state index contributed by atoms with van der Waals surface area (Å²) in [7, 11) is 0. The van der Waals surface area contributed by atoms with E-state index in [9.17, 15) is 20.1 Å². The Morgan fingerprint density at radius 3 is 2.43 bits per heavy atom. The average molecular weight is 400 g/mol. The summed E-state index contributed by atoms with van der Waals surface area (Å²) < 4.78 is 0. The summed E-state index contributed by atoms with van der Waals surface area (Å²) >= 11 is 0. The number of aliphatic hydroxyl groups is 3. The highest BCUT2D eigenvalue weighted by Crippen LogP contribution is 2.46. The van der Waals surface area contributed by atoms with Crippen LogP contribution in [0.15, 0.2) is 0 Å². The fourth-order valence-corrected chi connectivity index (χ4v) is 5.19. The van der Waals surface area contributed by atoms with Gasteiger partial charge in [-0.05, 0) is 76.5 Å². The van der Waals surface area contributed by atoms with E-state index in [1.807, 2.05) is 6.92 Å². The minimum absolute atomic E-state index is 0.134. The van der Waals surface area contributed by atoms with Crippen LogP contribution in [0, 0.1) is 5.41 Å². The molecule has 0 amide bonds. The summed E-state index contributed by atoms with van der Waals surface area (Å²) in [6.45, 7) is 2.02. The maximum atomic E-state index is 10.7. The van der Waals surface area contributed by atoms with Gasteiger partial charge in [-0.3, -0.25) is 4.79 Å². The molecule has 2 rings (SSSR count). The van der Waals surface area contributed by atoms with Crippen molar-refractivity contribution in [2.24, 2.45) is 5.41 Å². The van der Waals surface area contributed by atoms with Crippen LogP contribution in [-0.4, -0.2) is 56.8 Å². The Morgan fingerprint density at radius 2 is 1.79 bits per heavy atom. The minimum Gasteiger partial charge on any atom is -0.481 e. The second-order valence-corrected chi connectivity index (χ2v) is 9.42. The van der Waals surface area contributed by atoms with Crippen molar-refractivity contribution >= 4 is 5.97 Å². The number of piperidine rings is 1. The van der Waals surface area contributed by atoms with Gasteiger partial charge in [0.2, 0.25) is 0 Å². The first-order valence-corrected chi connectivity index (χ1v) is 11.3. The van der Waals surface area contributed by atoms with E-state index in [2.05, 4.69) is 5.32 Å². The summed E-state index contributed by atoms with van der Waals surface area (Å²) in [5, 5.41) is 42.3. The van der Waals surface area contributed by atoms with Gasteiger partial charge in [-0.1, -0.05) is 19.3 Å². The van der Waals surface area contributed by atoms with Crippen LogP contribution in [0.2, 0.25) is 0 Å². The van der Waals surface area contributed by atoms with Gasteiger partial charge in [-0.15, -0.1) is 0 Å². The molecule has 164 valence electrons. The van der Waals surface area contributed by atoms with Crippen molar-refractivity contribution < 1.29 is 25.2 Å². The highest BCUT2D eigenvalue weighted by molar-refractivity contribution is 5.67. The number of aliphatic carboxylic acids is 1. The number of aliphatic hydroxyl groups excluding tert-OH is 3. The van der Waals surface area contributed by atoms with Crippen molar-refractivity contribution in [2.45, 2.75) is 127 Å². The van der Waals surface area contributed by atoms with E-state index >= 15 is 0 Å². The molecule has 6 heteroatoms. The molecule has 1 heterocycles. The van der Waals surface area contributed by atoms with Crippen LogP contribution in [0.5, 0.6) is 0 Å². The van der Waals surface area contributed by atoms with Gasteiger partial charge >= 0.3 is 5.97 Å². The third kappa shape index (κ3) is 7.97. The molecule has 0 spiro atoms. The summed E-state index contributed by atoms with van der Waals surface area (Å²) in [4.78, 5) is 10.7. The molecule has 2 aliphatic rings. The molecule has 1 aliphatic heterocycles. The largest absolute Gasteiger partial charge is 0.481 e. The molecular weight excluding hydrogens is 358 g/mol. The van der Waals surface area contributed by atoms with Gasteiger partial charge in [0.15, 0.2) is 0 Å². The molecule has 5 atom stereocenters. The molecule has 0 aromatic carbocycles. The SMILES string of the molecule is C[C@@H]1N[C@H](CC[C@H](O)CCCC2(CC[C@@H](O)CC(=O)O)CCCC2)CC[C@H]1O. The third-order valence-corrected chi connectivity index (χ3v) is 7.06. The summed E-state index contributed by atoms with van der Waals surface area (Å²) in [6, 6.07) is 0.527. The molecule has 1 saturated carbocycles. The standard InChI is InChI=1S/C22H41NO5/c1-16-20(26)9-7-17(23-16)6-8-18(24)5-4-13-22(11-2-3-12-22)14-10-19(25)15-21(27)28/h16-20,23-26H,2-15H2,1H3,(H,27,28)/t16-,17+,18+,19+,20+/m0/s1. The van der Waals surface area contributed by atoms with Gasteiger partial charge in [-0.2, -0.15) is 0 Å². The second-order valence-electron chi connectivity index (χ2n) is 9.42. The Morgan fingerprint density at radius 1 is 1.07 bits per heavy atom. The first kappa shape index (κ1) is 23.6. The van der Waals surface area contributed by atoms with Crippen LogP contribution < -0.4 is 5.32 Å². The van der Waals surface area contributed by atoms with E-state index in [1.54, 1.807) is 0 Å².